The van der Waals surface area contributed by atoms with Crippen LogP contribution in [0.4, 0.5) is 0 Å². The second kappa shape index (κ2) is 4.99. The first-order valence-electron chi connectivity index (χ1n) is 5.31. The van der Waals surface area contributed by atoms with Gasteiger partial charge in [0.25, 0.3) is 0 Å². The van der Waals surface area contributed by atoms with Gasteiger partial charge in [-0.1, -0.05) is 20.8 Å². The minimum absolute atomic E-state index is 0.0971. The number of carbonyl (C=O) groups excluding carboxylic acids is 1. The van der Waals surface area contributed by atoms with Gasteiger partial charge in [-0.2, -0.15) is 5.10 Å². The third kappa shape index (κ3) is 3.90. The molecule has 6 heteroatoms. The van der Waals surface area contributed by atoms with Crippen LogP contribution in [0.1, 0.15) is 26.5 Å². The number of amides is 1. The summed E-state index contributed by atoms with van der Waals surface area (Å²) < 4.78 is 0. The molecule has 94 valence electrons. The molecule has 0 aliphatic heterocycles. The number of rotatable bonds is 4. The number of carbonyl (C=O) groups is 2. The van der Waals surface area contributed by atoms with Crippen LogP contribution in [0.3, 0.4) is 0 Å². The van der Waals surface area contributed by atoms with Gasteiger partial charge in [-0.15, -0.1) is 0 Å². The zero-order valence-electron chi connectivity index (χ0n) is 10.2. The van der Waals surface area contributed by atoms with Crippen molar-refractivity contribution in [3.05, 3.63) is 18.0 Å². The predicted molar refractivity (Wildman–Crippen MR) is 61.3 cm³/mol. The van der Waals surface area contributed by atoms with Gasteiger partial charge < -0.3 is 10.4 Å². The predicted octanol–water partition coefficient (Wildman–Crippen LogP) is 0.568. The first-order chi connectivity index (χ1) is 7.80. The fraction of sp³-hybridized carbons (Fsp3) is 0.545. The minimum Gasteiger partial charge on any atom is -0.480 e. The molecule has 0 aliphatic carbocycles. The van der Waals surface area contributed by atoms with Gasteiger partial charge in [0, 0.05) is 11.9 Å². The number of hydrogen-bond acceptors (Lipinski definition) is 3. The number of hydrogen-bond donors (Lipinski definition) is 3. The van der Waals surface area contributed by atoms with Gasteiger partial charge >= 0.3 is 5.97 Å². The standard InChI is InChI=1S/C11H17N3O3/c1-11(2,3)9(10(16)17)13-8(15)6-7-4-5-12-14-7/h4-5,9H,6H2,1-3H3,(H,12,14)(H,13,15)(H,16,17). The SMILES string of the molecule is CC(C)(C)C(NC(=O)Cc1ccn[nH]1)C(=O)O. The Bertz CT molecular complexity index is 393. The van der Waals surface area contributed by atoms with Gasteiger partial charge in [0.15, 0.2) is 0 Å². The van der Waals surface area contributed by atoms with Crippen molar-refractivity contribution in [3.8, 4) is 0 Å². The summed E-state index contributed by atoms with van der Waals surface area (Å²) in [6.07, 6.45) is 1.64. The lowest BCUT2D eigenvalue weighted by molar-refractivity contribution is -0.144. The maximum absolute atomic E-state index is 11.6. The zero-order valence-corrected chi connectivity index (χ0v) is 10.2. The van der Waals surface area contributed by atoms with Crippen LogP contribution in [-0.4, -0.2) is 33.2 Å². The summed E-state index contributed by atoms with van der Waals surface area (Å²) in [7, 11) is 0. The molecule has 17 heavy (non-hydrogen) atoms. The molecule has 6 nitrogen and oxygen atoms in total. The van der Waals surface area contributed by atoms with Crippen LogP contribution >= 0.6 is 0 Å². The molecule has 0 aliphatic rings. The van der Waals surface area contributed by atoms with Crippen molar-refractivity contribution in [2.75, 3.05) is 0 Å². The summed E-state index contributed by atoms with van der Waals surface area (Å²) >= 11 is 0. The molecule has 1 aromatic rings. The van der Waals surface area contributed by atoms with Crippen LogP contribution in [0, 0.1) is 5.41 Å². The van der Waals surface area contributed by atoms with E-state index < -0.39 is 17.4 Å². The number of nitrogens with zero attached hydrogens (tertiary/aromatic N) is 1. The third-order valence-corrected chi connectivity index (χ3v) is 2.33. The normalized spacial score (nSPS) is 13.1. The van der Waals surface area contributed by atoms with Crippen LogP contribution in [0.2, 0.25) is 0 Å². The first-order valence-corrected chi connectivity index (χ1v) is 5.31. The molecule has 1 heterocycles. The Labute approximate surface area is 99.4 Å². The zero-order chi connectivity index (χ0) is 13.1. The van der Waals surface area contributed by atoms with E-state index in [1.54, 1.807) is 33.0 Å². The number of aromatic amines is 1. The number of aromatic nitrogens is 2. The van der Waals surface area contributed by atoms with E-state index in [1.165, 1.54) is 0 Å². The molecule has 1 unspecified atom stereocenters. The Hall–Kier alpha value is -1.85. The summed E-state index contributed by atoms with van der Waals surface area (Å²) in [6, 6.07) is 0.768. The van der Waals surface area contributed by atoms with Crippen LogP contribution in [-0.2, 0) is 16.0 Å². The van der Waals surface area contributed by atoms with Crippen molar-refractivity contribution in [3.63, 3.8) is 0 Å². The van der Waals surface area contributed by atoms with Crippen molar-refractivity contribution in [2.45, 2.75) is 33.2 Å². The summed E-state index contributed by atoms with van der Waals surface area (Å²) in [5.41, 5.74) is 0.121. The topological polar surface area (TPSA) is 95.1 Å². The lowest BCUT2D eigenvalue weighted by atomic mass is 9.86. The second-order valence-electron chi connectivity index (χ2n) is 4.96. The van der Waals surface area contributed by atoms with Crippen molar-refractivity contribution in [1.82, 2.24) is 15.5 Å². The molecule has 0 saturated heterocycles. The number of carboxylic acids is 1. The van der Waals surface area contributed by atoms with E-state index in [0.29, 0.717) is 5.69 Å². The lowest BCUT2D eigenvalue weighted by Crippen LogP contribution is -2.49. The smallest absolute Gasteiger partial charge is 0.326 e. The maximum Gasteiger partial charge on any atom is 0.326 e. The molecule has 3 N–H and O–H groups in total. The van der Waals surface area contributed by atoms with Gasteiger partial charge in [0.05, 0.1) is 6.42 Å². The van der Waals surface area contributed by atoms with Crippen molar-refractivity contribution >= 4 is 11.9 Å². The summed E-state index contributed by atoms with van der Waals surface area (Å²) in [4.78, 5) is 22.7. The molecule has 1 atom stereocenters. The highest BCUT2D eigenvalue weighted by Crippen LogP contribution is 2.19. The largest absolute Gasteiger partial charge is 0.480 e. The highest BCUT2D eigenvalue weighted by molar-refractivity contribution is 5.85. The molecular formula is C11H17N3O3. The van der Waals surface area contributed by atoms with E-state index >= 15 is 0 Å². The summed E-state index contributed by atoms with van der Waals surface area (Å²) in [5, 5.41) is 17.9. The molecular weight excluding hydrogens is 222 g/mol. The first kappa shape index (κ1) is 13.2. The monoisotopic (exact) mass is 239 g/mol. The number of aliphatic carboxylic acids is 1. The minimum atomic E-state index is -1.03. The quantitative estimate of drug-likeness (QED) is 0.715. The Morgan fingerprint density at radius 3 is 2.59 bits per heavy atom. The lowest BCUT2D eigenvalue weighted by Gasteiger charge is -2.27. The van der Waals surface area contributed by atoms with E-state index in [4.69, 9.17) is 5.11 Å². The third-order valence-electron chi connectivity index (χ3n) is 2.33. The fourth-order valence-corrected chi connectivity index (χ4v) is 1.42. The van der Waals surface area contributed by atoms with Gasteiger partial charge in [-0.3, -0.25) is 9.89 Å². The number of H-pyrrole nitrogens is 1. The highest BCUT2D eigenvalue weighted by Gasteiger charge is 2.32. The number of nitrogens with one attached hydrogen (secondary N) is 2. The van der Waals surface area contributed by atoms with Crippen LogP contribution in [0.5, 0.6) is 0 Å². The summed E-state index contributed by atoms with van der Waals surface area (Å²) in [5.74, 6) is -1.37. The second-order valence-corrected chi connectivity index (χ2v) is 4.96. The average molecular weight is 239 g/mol. The molecule has 1 rings (SSSR count). The maximum atomic E-state index is 11.6. The Kier molecular flexibility index (Phi) is 3.88. The Balaban J connectivity index is 2.62. The molecule has 0 bridgehead atoms. The van der Waals surface area contributed by atoms with Gasteiger partial charge in [0.2, 0.25) is 5.91 Å². The van der Waals surface area contributed by atoms with E-state index in [9.17, 15) is 9.59 Å². The van der Waals surface area contributed by atoms with Crippen molar-refractivity contribution < 1.29 is 14.7 Å². The Morgan fingerprint density at radius 2 is 2.18 bits per heavy atom. The Morgan fingerprint density at radius 1 is 1.53 bits per heavy atom. The summed E-state index contributed by atoms with van der Waals surface area (Å²) in [6.45, 7) is 5.30. The van der Waals surface area contributed by atoms with Gasteiger partial charge in [0.1, 0.15) is 6.04 Å². The average Bonchev–Trinajstić information content (AvgIpc) is 2.64. The van der Waals surface area contributed by atoms with E-state index in [0.717, 1.165) is 0 Å². The van der Waals surface area contributed by atoms with E-state index in [-0.39, 0.29) is 12.3 Å². The van der Waals surface area contributed by atoms with Gasteiger partial charge in [-0.05, 0) is 11.5 Å². The molecule has 1 amide bonds. The van der Waals surface area contributed by atoms with Gasteiger partial charge in [-0.25, -0.2) is 4.79 Å². The van der Waals surface area contributed by atoms with Crippen LogP contribution in [0.25, 0.3) is 0 Å². The molecule has 0 fully saturated rings. The molecule has 1 aromatic heterocycles. The number of carboxylic acid groups (broad SMARTS) is 1. The van der Waals surface area contributed by atoms with Crippen molar-refractivity contribution in [2.24, 2.45) is 5.41 Å². The highest BCUT2D eigenvalue weighted by atomic mass is 16.4. The van der Waals surface area contributed by atoms with Crippen LogP contribution in [0.15, 0.2) is 12.3 Å². The molecule has 0 radical (unpaired) electrons. The van der Waals surface area contributed by atoms with E-state index in [1.807, 2.05) is 0 Å². The molecule has 0 aromatic carbocycles. The van der Waals surface area contributed by atoms with E-state index in [2.05, 4.69) is 15.5 Å². The molecule has 0 saturated carbocycles. The van der Waals surface area contributed by atoms with Crippen LogP contribution < -0.4 is 5.32 Å². The fourth-order valence-electron chi connectivity index (χ4n) is 1.42. The van der Waals surface area contributed by atoms with Crippen molar-refractivity contribution in [1.29, 1.82) is 0 Å². The molecule has 0 spiro atoms.